The minimum absolute atomic E-state index is 0.0253. The number of ether oxygens (including phenoxy) is 1. The van der Waals surface area contributed by atoms with Crippen molar-refractivity contribution >= 4 is 54.2 Å². The first-order valence-electron chi connectivity index (χ1n) is 9.81. The van der Waals surface area contributed by atoms with E-state index in [1.807, 2.05) is 28.0 Å². The lowest BCUT2D eigenvalue weighted by Gasteiger charge is -2.36. The van der Waals surface area contributed by atoms with Crippen LogP contribution in [0.4, 0.5) is 24.0 Å². The zero-order valence-corrected chi connectivity index (χ0v) is 19.5. The average molecular weight is 529 g/mol. The van der Waals surface area contributed by atoms with Crippen LogP contribution in [0.1, 0.15) is 5.56 Å². The van der Waals surface area contributed by atoms with Gasteiger partial charge in [-0.3, -0.25) is 9.69 Å². The van der Waals surface area contributed by atoms with Gasteiger partial charge in [-0.2, -0.15) is 13.2 Å². The van der Waals surface area contributed by atoms with E-state index in [0.29, 0.717) is 37.0 Å². The molecule has 11 heteroatoms. The maximum absolute atomic E-state index is 13.2. The second-order valence-electron chi connectivity index (χ2n) is 7.33. The summed E-state index contributed by atoms with van der Waals surface area (Å²) in [4.78, 5) is 20.8. The van der Waals surface area contributed by atoms with Crippen molar-refractivity contribution in [3.63, 3.8) is 0 Å². The van der Waals surface area contributed by atoms with Crippen molar-refractivity contribution in [3.8, 4) is 5.75 Å². The number of aromatic nitrogens is 1. The Bertz CT molecular complexity index is 1130. The molecule has 1 N–H and O–H groups in total. The number of carbonyl (C=O) groups is 1. The number of fused-ring (bicyclic) bond motifs is 1. The molecule has 1 fully saturated rings. The first-order valence-corrected chi connectivity index (χ1v) is 11.4. The molecule has 3 aromatic rings. The molecule has 0 bridgehead atoms. The maximum Gasteiger partial charge on any atom is 0.417 e. The summed E-state index contributed by atoms with van der Waals surface area (Å²) in [5, 5.41) is 3.35. The van der Waals surface area contributed by atoms with Gasteiger partial charge in [0.05, 0.1) is 29.4 Å². The Balaban J connectivity index is 1.33. The molecule has 0 atom stereocenters. The number of nitrogens with one attached hydrogen (secondary N) is 1. The molecule has 0 spiro atoms. The van der Waals surface area contributed by atoms with Crippen molar-refractivity contribution < 1.29 is 22.7 Å². The molecule has 0 aliphatic carbocycles. The largest absolute Gasteiger partial charge is 0.497 e. The number of hydrogen-bond acceptors (Lipinski definition) is 6. The zero-order chi connectivity index (χ0) is 22.9. The number of methoxy groups -OCH3 is 1. The van der Waals surface area contributed by atoms with E-state index in [2.05, 4.69) is 26.2 Å². The Kier molecular flexibility index (Phi) is 6.59. The van der Waals surface area contributed by atoms with Gasteiger partial charge >= 0.3 is 6.18 Å². The highest BCUT2D eigenvalue weighted by molar-refractivity contribution is 9.10. The number of thiazole rings is 1. The van der Waals surface area contributed by atoms with E-state index in [-0.39, 0.29) is 16.9 Å². The molecule has 1 aliphatic rings. The summed E-state index contributed by atoms with van der Waals surface area (Å²) < 4.78 is 45.7. The predicted octanol–water partition coefficient (Wildman–Crippen LogP) is 4.85. The van der Waals surface area contributed by atoms with Gasteiger partial charge in [0, 0.05) is 36.3 Å². The lowest BCUT2D eigenvalue weighted by molar-refractivity contribution is -0.138. The van der Waals surface area contributed by atoms with E-state index in [4.69, 9.17) is 4.74 Å². The third-order valence-corrected chi connectivity index (χ3v) is 6.83. The number of hydrogen-bond donors (Lipinski definition) is 1. The van der Waals surface area contributed by atoms with Crippen LogP contribution in [-0.4, -0.2) is 55.6 Å². The summed E-state index contributed by atoms with van der Waals surface area (Å²) in [7, 11) is 1.59. The summed E-state index contributed by atoms with van der Waals surface area (Å²) in [6.45, 7) is 2.41. The minimum Gasteiger partial charge on any atom is -0.497 e. The molecule has 0 unspecified atom stereocenters. The number of benzene rings is 2. The van der Waals surface area contributed by atoms with Crippen molar-refractivity contribution in [1.29, 1.82) is 0 Å². The van der Waals surface area contributed by atoms with E-state index in [0.717, 1.165) is 22.0 Å². The van der Waals surface area contributed by atoms with Crippen LogP contribution in [0.25, 0.3) is 10.2 Å². The van der Waals surface area contributed by atoms with E-state index in [9.17, 15) is 18.0 Å². The Morgan fingerprint density at radius 2 is 1.94 bits per heavy atom. The Morgan fingerprint density at radius 1 is 1.19 bits per heavy atom. The van der Waals surface area contributed by atoms with Crippen molar-refractivity contribution in [2.75, 3.05) is 50.1 Å². The first kappa shape index (κ1) is 22.8. The second-order valence-corrected chi connectivity index (χ2v) is 9.21. The van der Waals surface area contributed by atoms with Gasteiger partial charge in [-0.1, -0.05) is 27.3 Å². The monoisotopic (exact) mass is 528 g/mol. The van der Waals surface area contributed by atoms with Crippen LogP contribution in [0.2, 0.25) is 0 Å². The molecule has 4 rings (SSSR count). The first-order chi connectivity index (χ1) is 15.2. The zero-order valence-electron chi connectivity index (χ0n) is 17.1. The SMILES string of the molecule is COc1ccc2nc(NC(=O)CN3CCN(c4ccc(Br)c(C(F)(F)F)c4)CC3)sc2c1. The van der Waals surface area contributed by atoms with E-state index < -0.39 is 11.7 Å². The summed E-state index contributed by atoms with van der Waals surface area (Å²) in [5.74, 6) is 0.553. The number of carbonyl (C=O) groups excluding carboxylic acids is 1. The fraction of sp³-hybridized carbons (Fsp3) is 0.333. The number of alkyl halides is 3. The van der Waals surface area contributed by atoms with Crippen LogP contribution in [-0.2, 0) is 11.0 Å². The molecule has 1 saturated heterocycles. The van der Waals surface area contributed by atoms with Gasteiger partial charge in [-0.05, 0) is 36.4 Å². The Hall–Kier alpha value is -2.37. The van der Waals surface area contributed by atoms with Crippen molar-refractivity contribution in [1.82, 2.24) is 9.88 Å². The van der Waals surface area contributed by atoms with Gasteiger partial charge in [0.25, 0.3) is 0 Å². The average Bonchev–Trinajstić information content (AvgIpc) is 3.15. The molecule has 1 aromatic heterocycles. The molecule has 2 aromatic carbocycles. The van der Waals surface area contributed by atoms with Gasteiger partial charge in [0.1, 0.15) is 5.75 Å². The Labute approximate surface area is 195 Å². The fourth-order valence-electron chi connectivity index (χ4n) is 3.54. The smallest absolute Gasteiger partial charge is 0.417 e. The maximum atomic E-state index is 13.2. The van der Waals surface area contributed by atoms with Gasteiger partial charge < -0.3 is 15.0 Å². The molecule has 1 aliphatic heterocycles. The molecule has 170 valence electrons. The fourth-order valence-corrected chi connectivity index (χ4v) is 4.92. The highest BCUT2D eigenvalue weighted by Gasteiger charge is 2.33. The lowest BCUT2D eigenvalue weighted by Crippen LogP contribution is -2.48. The van der Waals surface area contributed by atoms with Gasteiger partial charge in [0.2, 0.25) is 5.91 Å². The second kappa shape index (κ2) is 9.24. The molecular formula is C21H20BrF3N4O2S. The quantitative estimate of drug-likeness (QED) is 0.513. The summed E-state index contributed by atoms with van der Waals surface area (Å²) in [6.07, 6.45) is -4.42. The highest BCUT2D eigenvalue weighted by atomic mass is 79.9. The number of anilines is 2. The van der Waals surface area contributed by atoms with Crippen molar-refractivity contribution in [2.45, 2.75) is 6.18 Å². The van der Waals surface area contributed by atoms with Gasteiger partial charge in [0.15, 0.2) is 5.13 Å². The topological polar surface area (TPSA) is 57.7 Å². The van der Waals surface area contributed by atoms with Crippen LogP contribution >= 0.6 is 27.3 Å². The number of amides is 1. The molecule has 2 heterocycles. The van der Waals surface area contributed by atoms with Crippen molar-refractivity contribution in [2.24, 2.45) is 0 Å². The Morgan fingerprint density at radius 3 is 2.62 bits per heavy atom. The standard InChI is InChI=1S/C21H20BrF3N4O2S/c1-31-14-3-5-17-18(11-14)32-20(26-17)27-19(30)12-28-6-8-29(9-7-28)13-2-4-16(22)15(10-13)21(23,24)25/h2-5,10-11H,6-9,12H2,1H3,(H,26,27,30). The van der Waals surface area contributed by atoms with E-state index in [1.165, 1.54) is 17.4 Å². The van der Waals surface area contributed by atoms with Crippen LogP contribution < -0.4 is 15.0 Å². The van der Waals surface area contributed by atoms with Crippen molar-refractivity contribution in [3.05, 3.63) is 46.4 Å². The van der Waals surface area contributed by atoms with Crippen LogP contribution in [0.15, 0.2) is 40.9 Å². The molecule has 1 amide bonds. The molecule has 32 heavy (non-hydrogen) atoms. The van der Waals surface area contributed by atoms with Crippen LogP contribution in [0.5, 0.6) is 5.75 Å². The van der Waals surface area contributed by atoms with E-state index in [1.54, 1.807) is 13.2 Å². The number of piperazine rings is 1. The summed E-state index contributed by atoms with van der Waals surface area (Å²) >= 11 is 4.34. The van der Waals surface area contributed by atoms with Crippen LogP contribution in [0.3, 0.4) is 0 Å². The summed E-state index contributed by atoms with van der Waals surface area (Å²) in [6, 6.07) is 9.78. The minimum atomic E-state index is -4.42. The summed E-state index contributed by atoms with van der Waals surface area (Å²) in [5.41, 5.74) is 0.618. The van der Waals surface area contributed by atoms with E-state index >= 15 is 0 Å². The molecule has 6 nitrogen and oxygen atoms in total. The number of halogens is 4. The predicted molar refractivity (Wildman–Crippen MR) is 123 cm³/mol. The van der Waals surface area contributed by atoms with Gasteiger partial charge in [-0.25, -0.2) is 4.98 Å². The lowest BCUT2D eigenvalue weighted by atomic mass is 10.1. The number of nitrogens with zero attached hydrogens (tertiary/aromatic N) is 3. The molecular weight excluding hydrogens is 509 g/mol. The molecule has 0 saturated carbocycles. The number of rotatable bonds is 5. The third-order valence-electron chi connectivity index (χ3n) is 5.20. The molecule has 0 radical (unpaired) electrons. The van der Waals surface area contributed by atoms with Gasteiger partial charge in [-0.15, -0.1) is 0 Å². The third kappa shape index (κ3) is 5.16. The van der Waals surface area contributed by atoms with Crippen LogP contribution in [0, 0.1) is 0 Å². The normalized spacial score (nSPS) is 15.2. The highest BCUT2D eigenvalue weighted by Crippen LogP contribution is 2.37.